The second-order valence-electron chi connectivity index (χ2n) is 12.5. The molecule has 0 saturated carbocycles. The molecule has 1 aliphatic rings. The Morgan fingerprint density at radius 1 is 1.09 bits per heavy atom. The summed E-state index contributed by atoms with van der Waals surface area (Å²) in [4.78, 5) is 79.6. The van der Waals surface area contributed by atoms with E-state index in [0.29, 0.717) is 43.0 Å². The molecule has 4 amide bonds. The van der Waals surface area contributed by atoms with E-state index in [0.717, 1.165) is 5.56 Å². The molecule has 0 unspecified atom stereocenters. The number of aliphatic imine (C=N–C) groups is 1. The monoisotopic (exact) mass is 725 g/mol. The first-order chi connectivity index (χ1) is 25.4. The molecule has 0 fully saturated rings. The van der Waals surface area contributed by atoms with Crippen LogP contribution in [-0.2, 0) is 22.6 Å². The Labute approximate surface area is 304 Å². The van der Waals surface area contributed by atoms with Crippen LogP contribution in [0.2, 0.25) is 0 Å². The lowest BCUT2D eigenvalue weighted by molar-refractivity contribution is -0.129. The van der Waals surface area contributed by atoms with E-state index in [1.54, 1.807) is 35.8 Å². The van der Waals surface area contributed by atoms with Crippen molar-refractivity contribution in [2.45, 2.75) is 58.2 Å². The highest BCUT2D eigenvalue weighted by atomic mass is 16.5. The van der Waals surface area contributed by atoms with Gasteiger partial charge in [0.05, 0.1) is 17.3 Å². The van der Waals surface area contributed by atoms with Crippen molar-refractivity contribution < 1.29 is 23.9 Å². The van der Waals surface area contributed by atoms with Gasteiger partial charge in [-0.15, -0.1) is 0 Å². The topological polar surface area (TPSA) is 264 Å². The molecule has 3 heterocycles. The van der Waals surface area contributed by atoms with Crippen LogP contribution in [0.5, 0.6) is 5.75 Å². The second kappa shape index (κ2) is 17.1. The Bertz CT molecular complexity index is 2090. The number of fused-ring (bicyclic) bond motifs is 2. The van der Waals surface area contributed by atoms with Gasteiger partial charge >= 0.3 is 0 Å². The normalized spacial score (nSPS) is 16.6. The lowest BCUT2D eigenvalue weighted by atomic mass is 10.0. The SMILES string of the molecule is CCn1cc(C(=O)Nc2ccc3c(c2)C(=O)NCCC(=O)N[C@@H](Cc2ccc(N)cc2)C(=O)N[C@H](CCCN=C(N)N)CO3)c(=O)c2ncc(C)nc21. The van der Waals surface area contributed by atoms with Gasteiger partial charge in [0.25, 0.3) is 11.8 Å². The van der Waals surface area contributed by atoms with Crippen molar-refractivity contribution in [2.75, 3.05) is 30.7 Å². The molecule has 17 heteroatoms. The van der Waals surface area contributed by atoms with Crippen molar-refractivity contribution in [3.63, 3.8) is 0 Å². The summed E-state index contributed by atoms with van der Waals surface area (Å²) in [7, 11) is 0. The molecule has 2 aromatic heterocycles. The number of nitrogens with one attached hydrogen (secondary N) is 4. The van der Waals surface area contributed by atoms with Crippen LogP contribution < -0.4 is 48.6 Å². The van der Waals surface area contributed by atoms with E-state index in [9.17, 15) is 24.0 Å². The molecule has 2 aromatic carbocycles. The van der Waals surface area contributed by atoms with Crippen LogP contribution in [0.3, 0.4) is 0 Å². The van der Waals surface area contributed by atoms with Crippen molar-refractivity contribution in [1.82, 2.24) is 30.5 Å². The summed E-state index contributed by atoms with van der Waals surface area (Å²) >= 11 is 0. The molecule has 4 aromatic rings. The number of nitrogens with two attached hydrogens (primary N) is 3. The van der Waals surface area contributed by atoms with Crippen LogP contribution in [0.4, 0.5) is 11.4 Å². The number of nitrogens with zero attached hydrogens (tertiary/aromatic N) is 4. The third-order valence-corrected chi connectivity index (χ3v) is 8.46. The van der Waals surface area contributed by atoms with Crippen molar-refractivity contribution >= 4 is 52.1 Å². The minimum Gasteiger partial charge on any atom is -0.491 e. The van der Waals surface area contributed by atoms with Crippen LogP contribution in [0, 0.1) is 6.92 Å². The average molecular weight is 726 g/mol. The average Bonchev–Trinajstić information content (AvgIpc) is 3.12. The number of amides is 4. The molecule has 0 radical (unpaired) electrons. The predicted molar refractivity (Wildman–Crippen MR) is 199 cm³/mol. The van der Waals surface area contributed by atoms with Gasteiger partial charge in [0.1, 0.15) is 24.0 Å². The quantitative estimate of drug-likeness (QED) is 0.0547. The van der Waals surface area contributed by atoms with Crippen molar-refractivity contribution in [3.05, 3.63) is 87.5 Å². The number of ether oxygens (including phenoxy) is 1. The summed E-state index contributed by atoms with van der Waals surface area (Å²) in [5, 5.41) is 11.2. The molecule has 10 N–H and O–H groups in total. The van der Waals surface area contributed by atoms with Crippen LogP contribution in [-0.4, -0.2) is 75.9 Å². The largest absolute Gasteiger partial charge is 0.491 e. The van der Waals surface area contributed by atoms with E-state index in [1.165, 1.54) is 30.6 Å². The number of carbonyl (C=O) groups is 4. The number of aryl methyl sites for hydroxylation is 2. The van der Waals surface area contributed by atoms with Gasteiger partial charge in [0.2, 0.25) is 17.2 Å². The first kappa shape index (κ1) is 37.7. The number of hydrogen-bond donors (Lipinski definition) is 7. The van der Waals surface area contributed by atoms with Gasteiger partial charge in [-0.25, -0.2) is 9.97 Å². The van der Waals surface area contributed by atoms with Crippen molar-refractivity contribution in [1.29, 1.82) is 0 Å². The van der Waals surface area contributed by atoms with Crippen molar-refractivity contribution in [3.8, 4) is 5.75 Å². The Morgan fingerprint density at radius 2 is 1.87 bits per heavy atom. The minimum absolute atomic E-state index is 0.0536. The third-order valence-electron chi connectivity index (χ3n) is 8.46. The summed E-state index contributed by atoms with van der Waals surface area (Å²) in [6.07, 6.45) is 3.84. The number of aromatic nitrogens is 3. The Kier molecular flexibility index (Phi) is 12.2. The van der Waals surface area contributed by atoms with Crippen LogP contribution >= 0.6 is 0 Å². The molecule has 0 aliphatic carbocycles. The maximum atomic E-state index is 13.7. The van der Waals surface area contributed by atoms with E-state index >= 15 is 0 Å². The lowest BCUT2D eigenvalue weighted by Crippen LogP contribution is -2.52. The fraction of sp³-hybridized carbons (Fsp3) is 0.333. The lowest BCUT2D eigenvalue weighted by Gasteiger charge is -2.25. The third kappa shape index (κ3) is 9.84. The molecule has 278 valence electrons. The van der Waals surface area contributed by atoms with E-state index in [2.05, 4.69) is 36.2 Å². The first-order valence-electron chi connectivity index (χ1n) is 17.1. The zero-order valence-corrected chi connectivity index (χ0v) is 29.5. The van der Waals surface area contributed by atoms with Gasteiger partial charge in [-0.05, 0) is 62.6 Å². The highest BCUT2D eigenvalue weighted by Crippen LogP contribution is 2.24. The fourth-order valence-corrected chi connectivity index (χ4v) is 5.73. The molecular weight excluding hydrogens is 682 g/mol. The standard InChI is InChI=1S/C36H43N11O6/c1-3-47-18-26(31(49)30-32(47)43-20(2)17-42-30)34(51)44-23-10-11-28-25(16-23)33(50)40-14-12-29(48)46-27(15-21-6-8-22(37)9-7-21)35(52)45-24(19-53-28)5-4-13-41-36(38)39/h6-11,16-18,24,27H,3-5,12-15,19,37H2,1-2H3,(H,40,50)(H,44,51)(H,45,52)(H,46,48)(H4,38,39,41)/t24-,27+/m1/s1. The molecule has 0 spiro atoms. The first-order valence-corrected chi connectivity index (χ1v) is 17.1. The van der Waals surface area contributed by atoms with E-state index < -0.39 is 41.1 Å². The Morgan fingerprint density at radius 3 is 2.60 bits per heavy atom. The molecule has 5 rings (SSSR count). The zero-order chi connectivity index (χ0) is 38.1. The number of carbonyl (C=O) groups excluding carboxylic acids is 4. The van der Waals surface area contributed by atoms with Gasteiger partial charge in [0.15, 0.2) is 17.1 Å². The second-order valence-corrected chi connectivity index (χ2v) is 12.5. The number of rotatable bonds is 9. The highest BCUT2D eigenvalue weighted by Gasteiger charge is 2.26. The van der Waals surface area contributed by atoms with Gasteiger partial charge in [-0.3, -0.25) is 29.0 Å². The van der Waals surface area contributed by atoms with Gasteiger partial charge in [-0.2, -0.15) is 0 Å². The molecule has 2 atom stereocenters. The van der Waals surface area contributed by atoms with Crippen LogP contribution in [0.15, 0.2) is 64.6 Å². The molecular formula is C36H43N11O6. The maximum absolute atomic E-state index is 13.7. The number of hydrogen-bond acceptors (Lipinski definition) is 10. The van der Waals surface area contributed by atoms with Crippen LogP contribution in [0.25, 0.3) is 11.2 Å². The smallest absolute Gasteiger partial charge is 0.261 e. The van der Waals surface area contributed by atoms with Crippen molar-refractivity contribution in [2.24, 2.45) is 16.5 Å². The van der Waals surface area contributed by atoms with Gasteiger partial charge in [0, 0.05) is 56.2 Å². The molecule has 53 heavy (non-hydrogen) atoms. The van der Waals surface area contributed by atoms with E-state index in [-0.39, 0.29) is 60.0 Å². The molecule has 17 nitrogen and oxygen atoms in total. The van der Waals surface area contributed by atoms with E-state index in [4.69, 9.17) is 21.9 Å². The maximum Gasteiger partial charge on any atom is 0.261 e. The fourth-order valence-electron chi connectivity index (χ4n) is 5.73. The highest BCUT2D eigenvalue weighted by molar-refractivity contribution is 6.06. The van der Waals surface area contributed by atoms with Gasteiger partial charge < -0.3 is 47.8 Å². The Hall–Kier alpha value is -6.52. The summed E-state index contributed by atoms with van der Waals surface area (Å²) < 4.78 is 7.80. The number of pyridine rings is 1. The molecule has 0 saturated heterocycles. The minimum atomic E-state index is -0.927. The predicted octanol–water partition coefficient (Wildman–Crippen LogP) is 0.733. The number of nitrogen functional groups attached to an aromatic ring is 1. The van der Waals surface area contributed by atoms with Gasteiger partial charge in [-0.1, -0.05) is 12.1 Å². The summed E-state index contributed by atoms with van der Waals surface area (Å²) in [6, 6.07) is 9.91. The number of guanidine groups is 1. The summed E-state index contributed by atoms with van der Waals surface area (Å²) in [5.74, 6) is -2.07. The number of benzene rings is 2. The molecule has 0 bridgehead atoms. The van der Waals surface area contributed by atoms with E-state index in [1.807, 2.05) is 6.92 Å². The summed E-state index contributed by atoms with van der Waals surface area (Å²) in [5.41, 5.74) is 18.7. The zero-order valence-electron chi connectivity index (χ0n) is 29.5. The Balaban J connectivity index is 1.41. The molecule has 1 aliphatic heterocycles. The number of anilines is 2. The van der Waals surface area contributed by atoms with Crippen LogP contribution in [0.1, 0.15) is 58.2 Å². The summed E-state index contributed by atoms with van der Waals surface area (Å²) in [6.45, 7) is 4.23.